The van der Waals surface area contributed by atoms with Gasteiger partial charge in [0, 0.05) is 44.5 Å². The molecule has 0 N–H and O–H groups in total. The van der Waals surface area contributed by atoms with Crippen LogP contribution in [0, 0.1) is 0 Å². The molecule has 5 nitrogen and oxygen atoms in total. The number of fused-ring (bicyclic) bond motifs is 11. The molecule has 9 rings (SSSR count). The Labute approximate surface area is 240 Å². The van der Waals surface area contributed by atoms with E-state index in [2.05, 4.69) is 92.6 Å². The Kier molecular flexibility index (Phi) is 4.82. The summed E-state index contributed by atoms with van der Waals surface area (Å²) in [6.07, 6.45) is 3.44. The lowest BCUT2D eigenvalue weighted by molar-refractivity contribution is 0.583. The highest BCUT2D eigenvalue weighted by Gasteiger charge is 2.33. The summed E-state index contributed by atoms with van der Waals surface area (Å²) in [5.74, 6) is 0. The number of para-hydroxylation sites is 3. The van der Waals surface area contributed by atoms with Crippen LogP contribution in [0.1, 0.15) is 0 Å². The maximum atomic E-state index is 15.9. The Morgan fingerprint density at radius 3 is 1.71 bits per heavy atom. The van der Waals surface area contributed by atoms with Gasteiger partial charge in [-0.3, -0.25) is 18.3 Å². The molecular weight excluding hydrogens is 535 g/mol. The molecule has 0 saturated heterocycles. The van der Waals surface area contributed by atoms with Gasteiger partial charge in [-0.15, -0.1) is 0 Å². The van der Waals surface area contributed by atoms with E-state index in [1.165, 1.54) is 10.8 Å². The lowest BCUT2D eigenvalue weighted by atomic mass is 10.1. The van der Waals surface area contributed by atoms with Gasteiger partial charge in [0.25, 0.3) is 0 Å². The van der Waals surface area contributed by atoms with Crippen LogP contribution in [0.15, 0.2) is 140 Å². The van der Waals surface area contributed by atoms with Crippen LogP contribution < -0.4 is 10.6 Å². The largest absolute Gasteiger partial charge is 0.292 e. The molecule has 9 aromatic rings. The minimum atomic E-state index is -3.44. The molecule has 42 heavy (non-hydrogen) atoms. The van der Waals surface area contributed by atoms with E-state index >= 15 is 4.57 Å². The third kappa shape index (κ3) is 3.06. The molecule has 0 aliphatic heterocycles. The van der Waals surface area contributed by atoms with Crippen molar-refractivity contribution >= 4 is 78.1 Å². The van der Waals surface area contributed by atoms with Crippen LogP contribution in [0.25, 0.3) is 60.2 Å². The van der Waals surface area contributed by atoms with E-state index < -0.39 is 7.29 Å². The number of pyridine rings is 2. The molecule has 0 bridgehead atoms. The van der Waals surface area contributed by atoms with E-state index in [-0.39, 0.29) is 0 Å². The highest BCUT2D eigenvalue weighted by Crippen LogP contribution is 2.51. The molecule has 0 radical (unpaired) electrons. The number of benzene rings is 5. The first-order valence-electron chi connectivity index (χ1n) is 14.0. The average Bonchev–Trinajstić information content (AvgIpc) is 3.61. The van der Waals surface area contributed by atoms with Crippen LogP contribution in [-0.2, 0) is 4.57 Å². The molecule has 5 aromatic carbocycles. The second-order valence-electron chi connectivity index (χ2n) is 10.6. The normalized spacial score (nSPS) is 13.5. The smallest absolute Gasteiger partial charge is 0.234 e. The Morgan fingerprint density at radius 1 is 0.500 bits per heavy atom. The van der Waals surface area contributed by atoms with Crippen molar-refractivity contribution in [1.29, 1.82) is 0 Å². The second kappa shape index (κ2) is 8.62. The predicted octanol–water partition coefficient (Wildman–Crippen LogP) is 8.07. The molecule has 6 heteroatoms. The van der Waals surface area contributed by atoms with E-state index in [4.69, 9.17) is 4.98 Å². The first-order chi connectivity index (χ1) is 20.7. The van der Waals surface area contributed by atoms with Gasteiger partial charge in [-0.1, -0.05) is 78.9 Å². The van der Waals surface area contributed by atoms with E-state index in [0.29, 0.717) is 0 Å². The van der Waals surface area contributed by atoms with Crippen molar-refractivity contribution in [2.45, 2.75) is 0 Å². The van der Waals surface area contributed by atoms with Gasteiger partial charge in [0.15, 0.2) is 0 Å². The summed E-state index contributed by atoms with van der Waals surface area (Å²) in [4.78, 5) is 9.44. The standard InChI is InChI=1S/C36H23N4OP/c41-42(24-19-21-37-22-20-24,40-33-15-7-4-11-28(33)29-12-5-8-16-34(29)40)25-17-18-35-31(23-25)38-36-30-13-2-1-9-26(30)27-10-3-6-14-32(27)39(35)36/h1-23H. The first-order valence-corrected chi connectivity index (χ1v) is 15.6. The molecule has 0 saturated carbocycles. The maximum Gasteiger partial charge on any atom is 0.234 e. The van der Waals surface area contributed by atoms with Gasteiger partial charge in [-0.2, -0.15) is 0 Å². The van der Waals surface area contributed by atoms with Crippen molar-refractivity contribution in [3.05, 3.63) is 140 Å². The van der Waals surface area contributed by atoms with Gasteiger partial charge in [-0.05, 0) is 53.9 Å². The molecule has 4 aromatic heterocycles. The van der Waals surface area contributed by atoms with Gasteiger partial charge >= 0.3 is 0 Å². The minimum Gasteiger partial charge on any atom is -0.292 e. The summed E-state index contributed by atoms with van der Waals surface area (Å²) in [6, 6.07) is 43.2. The number of nitrogens with zero attached hydrogens (tertiary/aromatic N) is 4. The third-order valence-electron chi connectivity index (χ3n) is 8.44. The summed E-state index contributed by atoms with van der Waals surface area (Å²) in [5, 5.41) is 7.05. The quantitative estimate of drug-likeness (QED) is 0.163. The lowest BCUT2D eigenvalue weighted by Gasteiger charge is -2.23. The topological polar surface area (TPSA) is 52.2 Å². The molecule has 0 spiro atoms. The minimum absolute atomic E-state index is 0.725. The van der Waals surface area contributed by atoms with Crippen molar-refractivity contribution in [2.24, 2.45) is 0 Å². The SMILES string of the molecule is O=P(c1ccncc1)(c1ccc2c(c1)nc1c3ccccc3c3ccccc3n21)n1c2ccccc2c2ccccc21. The monoisotopic (exact) mass is 558 g/mol. The zero-order valence-electron chi connectivity index (χ0n) is 22.4. The van der Waals surface area contributed by atoms with Crippen molar-refractivity contribution in [2.75, 3.05) is 0 Å². The molecular formula is C36H23N4OP. The number of hydrogen-bond donors (Lipinski definition) is 0. The Hall–Kier alpha value is -5.25. The van der Waals surface area contributed by atoms with Crippen molar-refractivity contribution in [3.8, 4) is 0 Å². The lowest BCUT2D eigenvalue weighted by Crippen LogP contribution is -2.21. The fraction of sp³-hybridized carbons (Fsp3) is 0. The van der Waals surface area contributed by atoms with E-state index in [9.17, 15) is 0 Å². The van der Waals surface area contributed by atoms with Gasteiger partial charge in [0.1, 0.15) is 5.65 Å². The van der Waals surface area contributed by atoms with E-state index in [1.54, 1.807) is 12.4 Å². The molecule has 0 aliphatic rings. The number of imidazole rings is 1. The van der Waals surface area contributed by atoms with Gasteiger partial charge in [0.2, 0.25) is 7.29 Å². The fourth-order valence-electron chi connectivity index (χ4n) is 6.62. The molecule has 0 aliphatic carbocycles. The molecule has 1 atom stereocenters. The van der Waals surface area contributed by atoms with Crippen LogP contribution in [0.4, 0.5) is 0 Å². The number of hydrogen-bond acceptors (Lipinski definition) is 3. The summed E-state index contributed by atoms with van der Waals surface area (Å²) in [6.45, 7) is 0. The van der Waals surface area contributed by atoms with Gasteiger partial charge in [0.05, 0.1) is 27.6 Å². The molecule has 198 valence electrons. The first kappa shape index (κ1) is 23.5. The second-order valence-corrected chi connectivity index (χ2v) is 13.2. The van der Waals surface area contributed by atoms with Crippen LogP contribution >= 0.6 is 7.29 Å². The molecule has 4 heterocycles. The Balaban J connectivity index is 1.41. The molecule has 0 amide bonds. The van der Waals surface area contributed by atoms with E-state index in [0.717, 1.165) is 60.0 Å². The summed E-state index contributed by atoms with van der Waals surface area (Å²) >= 11 is 0. The molecule has 0 fully saturated rings. The highest BCUT2D eigenvalue weighted by molar-refractivity contribution is 7.77. The zero-order valence-corrected chi connectivity index (χ0v) is 23.3. The van der Waals surface area contributed by atoms with Crippen molar-refractivity contribution in [3.63, 3.8) is 0 Å². The number of rotatable bonds is 3. The van der Waals surface area contributed by atoms with Crippen molar-refractivity contribution < 1.29 is 4.57 Å². The van der Waals surface area contributed by atoms with E-state index in [1.807, 2.05) is 48.5 Å². The zero-order chi connectivity index (χ0) is 27.8. The van der Waals surface area contributed by atoms with Crippen molar-refractivity contribution in [1.82, 2.24) is 18.7 Å². The number of aromatic nitrogens is 4. The Morgan fingerprint density at radius 2 is 1.05 bits per heavy atom. The van der Waals surface area contributed by atoms with Gasteiger partial charge < -0.3 is 0 Å². The highest BCUT2D eigenvalue weighted by atomic mass is 31.2. The molecule has 1 unspecified atom stereocenters. The third-order valence-corrected chi connectivity index (χ3v) is 11.4. The van der Waals surface area contributed by atoms with Crippen LogP contribution in [0.2, 0.25) is 0 Å². The van der Waals surface area contributed by atoms with Crippen LogP contribution in [0.5, 0.6) is 0 Å². The maximum absolute atomic E-state index is 15.9. The van der Waals surface area contributed by atoms with Gasteiger partial charge in [-0.25, -0.2) is 4.98 Å². The Bertz CT molecular complexity index is 2510. The fourth-order valence-corrected chi connectivity index (χ4v) is 9.45. The summed E-state index contributed by atoms with van der Waals surface area (Å²) in [7, 11) is -3.44. The summed E-state index contributed by atoms with van der Waals surface area (Å²) in [5.41, 5.74) is 5.66. The predicted molar refractivity (Wildman–Crippen MR) is 174 cm³/mol. The van der Waals surface area contributed by atoms with Crippen LogP contribution in [0.3, 0.4) is 0 Å². The average molecular weight is 559 g/mol. The summed E-state index contributed by atoms with van der Waals surface area (Å²) < 4.78 is 20.2. The van der Waals surface area contributed by atoms with Crippen LogP contribution in [-0.4, -0.2) is 18.7 Å².